The van der Waals surface area contributed by atoms with Crippen molar-refractivity contribution in [2.45, 2.75) is 135 Å². The van der Waals surface area contributed by atoms with Crippen LogP contribution in [0.1, 0.15) is 128 Å². The highest BCUT2D eigenvalue weighted by Crippen LogP contribution is 2.27. The van der Waals surface area contributed by atoms with Gasteiger partial charge in [-0.05, 0) is 24.8 Å². The first-order valence-corrected chi connectivity index (χ1v) is 14.7. The van der Waals surface area contributed by atoms with Crippen LogP contribution in [0, 0.1) is 0 Å². The highest BCUT2D eigenvalue weighted by atomic mass is 16.6. The van der Waals surface area contributed by atoms with E-state index >= 15 is 0 Å². The van der Waals surface area contributed by atoms with Gasteiger partial charge in [0.1, 0.15) is 5.60 Å². The Balaban J connectivity index is 1.35. The second-order valence-corrected chi connectivity index (χ2v) is 10.5. The molecule has 1 atom stereocenters. The monoisotopic (exact) mass is 474 g/mol. The molecule has 0 aromatic heterocycles. The van der Waals surface area contributed by atoms with Crippen LogP contribution in [0.15, 0.2) is 30.3 Å². The highest BCUT2D eigenvalue weighted by molar-refractivity contribution is 5.13. The summed E-state index contributed by atoms with van der Waals surface area (Å²) in [5.74, 6) is 0. The zero-order chi connectivity index (χ0) is 24.0. The Morgan fingerprint density at radius 1 is 0.676 bits per heavy atom. The summed E-state index contributed by atoms with van der Waals surface area (Å²) >= 11 is 0. The van der Waals surface area contributed by atoms with Gasteiger partial charge in [-0.2, -0.15) is 0 Å². The average molecular weight is 475 g/mol. The minimum absolute atomic E-state index is 0.232. The summed E-state index contributed by atoms with van der Waals surface area (Å²) in [5, 5.41) is 0. The molecular formula is C31H54O3. The molecule has 1 aliphatic rings. The lowest BCUT2D eigenvalue weighted by Gasteiger charge is -2.28. The molecule has 1 aromatic carbocycles. The molecular weight excluding hydrogens is 420 g/mol. The quantitative estimate of drug-likeness (QED) is 0.148. The van der Waals surface area contributed by atoms with Crippen molar-refractivity contribution < 1.29 is 14.2 Å². The van der Waals surface area contributed by atoms with Crippen LogP contribution in [0.3, 0.4) is 0 Å². The molecule has 1 aromatic rings. The van der Waals surface area contributed by atoms with Crippen LogP contribution in [0.4, 0.5) is 0 Å². The highest BCUT2D eigenvalue weighted by Gasteiger charge is 2.35. The van der Waals surface area contributed by atoms with E-state index in [9.17, 15) is 0 Å². The molecule has 0 N–H and O–H groups in total. The number of ether oxygens (including phenoxy) is 3. The first kappa shape index (κ1) is 29.3. The molecule has 2 rings (SSSR count). The average Bonchev–Trinajstić information content (AvgIpc) is 3.33. The fourth-order valence-corrected chi connectivity index (χ4v) is 4.96. The summed E-state index contributed by atoms with van der Waals surface area (Å²) in [7, 11) is 0. The summed E-state index contributed by atoms with van der Waals surface area (Å²) in [5.41, 5.74) is 0.980. The zero-order valence-corrected chi connectivity index (χ0v) is 22.4. The van der Waals surface area contributed by atoms with Gasteiger partial charge in [0.2, 0.25) is 0 Å². The molecule has 34 heavy (non-hydrogen) atoms. The van der Waals surface area contributed by atoms with Gasteiger partial charge in [-0.1, -0.05) is 134 Å². The smallest absolute Gasteiger partial charge is 0.115 e. The van der Waals surface area contributed by atoms with Crippen LogP contribution >= 0.6 is 0 Å². The minimum atomic E-state index is -0.232. The van der Waals surface area contributed by atoms with E-state index in [-0.39, 0.29) is 5.60 Å². The third kappa shape index (κ3) is 14.5. The van der Waals surface area contributed by atoms with Gasteiger partial charge in [0.15, 0.2) is 0 Å². The van der Waals surface area contributed by atoms with Gasteiger partial charge < -0.3 is 14.2 Å². The fraction of sp³-hybridized carbons (Fsp3) is 0.806. The van der Waals surface area contributed by atoms with E-state index in [0.29, 0.717) is 19.8 Å². The van der Waals surface area contributed by atoms with Gasteiger partial charge in [0.05, 0.1) is 19.8 Å². The van der Waals surface area contributed by atoms with Crippen molar-refractivity contribution in [3.8, 4) is 0 Å². The molecule has 3 nitrogen and oxygen atoms in total. The Bertz CT molecular complexity index is 553. The van der Waals surface area contributed by atoms with Gasteiger partial charge in [0, 0.05) is 13.2 Å². The van der Waals surface area contributed by atoms with E-state index in [0.717, 1.165) is 26.1 Å². The third-order valence-electron chi connectivity index (χ3n) is 7.17. The number of unbranched alkanes of at least 4 members (excludes halogenated alkanes) is 15. The topological polar surface area (TPSA) is 27.7 Å². The molecule has 0 unspecified atom stereocenters. The minimum Gasteiger partial charge on any atom is -0.378 e. The molecule has 0 bridgehead atoms. The maximum atomic E-state index is 6.06. The Morgan fingerprint density at radius 3 is 1.74 bits per heavy atom. The first-order valence-electron chi connectivity index (χ1n) is 14.7. The van der Waals surface area contributed by atoms with Gasteiger partial charge in [-0.15, -0.1) is 0 Å². The van der Waals surface area contributed by atoms with Crippen LogP contribution in [0.25, 0.3) is 0 Å². The van der Waals surface area contributed by atoms with E-state index in [1.807, 2.05) is 6.07 Å². The predicted octanol–water partition coefficient (Wildman–Crippen LogP) is 9.03. The van der Waals surface area contributed by atoms with Crippen molar-refractivity contribution in [3.63, 3.8) is 0 Å². The van der Waals surface area contributed by atoms with Crippen molar-refractivity contribution in [1.82, 2.24) is 0 Å². The van der Waals surface area contributed by atoms with Crippen LogP contribution in [0.5, 0.6) is 0 Å². The number of rotatable bonds is 23. The number of hydrogen-bond donors (Lipinski definition) is 0. The van der Waals surface area contributed by atoms with Gasteiger partial charge in [0.25, 0.3) is 0 Å². The molecule has 0 saturated carbocycles. The Hall–Kier alpha value is -0.900. The SMILES string of the molecule is CCCCCCCCCCCCCCCCCCOC[C@@]1(COCc2ccccc2)CCCO1. The van der Waals surface area contributed by atoms with E-state index in [2.05, 4.69) is 31.2 Å². The summed E-state index contributed by atoms with van der Waals surface area (Å²) in [6.45, 7) is 5.91. The van der Waals surface area contributed by atoms with E-state index in [4.69, 9.17) is 14.2 Å². The van der Waals surface area contributed by atoms with Crippen molar-refractivity contribution in [3.05, 3.63) is 35.9 Å². The van der Waals surface area contributed by atoms with Gasteiger partial charge in [-0.25, -0.2) is 0 Å². The lowest BCUT2D eigenvalue weighted by atomic mass is 10.0. The lowest BCUT2D eigenvalue weighted by molar-refractivity contribution is -0.110. The molecule has 1 aliphatic heterocycles. The second kappa shape index (κ2) is 20.3. The van der Waals surface area contributed by atoms with E-state index < -0.39 is 0 Å². The Kier molecular flexibility index (Phi) is 17.5. The fourth-order valence-electron chi connectivity index (χ4n) is 4.96. The molecule has 0 aliphatic carbocycles. The van der Waals surface area contributed by atoms with Crippen LogP contribution in [-0.2, 0) is 20.8 Å². The summed E-state index contributed by atoms with van der Waals surface area (Å²) < 4.78 is 18.1. The molecule has 0 radical (unpaired) electrons. The number of benzene rings is 1. The normalized spacial score (nSPS) is 18.0. The molecule has 1 heterocycles. The van der Waals surface area contributed by atoms with E-state index in [1.54, 1.807) is 0 Å². The molecule has 196 valence electrons. The maximum absolute atomic E-state index is 6.06. The number of hydrogen-bond acceptors (Lipinski definition) is 3. The predicted molar refractivity (Wildman–Crippen MR) is 144 cm³/mol. The second-order valence-electron chi connectivity index (χ2n) is 10.5. The Labute approximate surface area is 211 Å². The van der Waals surface area contributed by atoms with Crippen molar-refractivity contribution >= 4 is 0 Å². The summed E-state index contributed by atoms with van der Waals surface area (Å²) in [6.07, 6.45) is 24.6. The largest absolute Gasteiger partial charge is 0.378 e. The van der Waals surface area contributed by atoms with Crippen LogP contribution < -0.4 is 0 Å². The van der Waals surface area contributed by atoms with Crippen LogP contribution in [-0.4, -0.2) is 32.0 Å². The van der Waals surface area contributed by atoms with Crippen LogP contribution in [0.2, 0.25) is 0 Å². The molecule has 1 fully saturated rings. The summed E-state index contributed by atoms with van der Waals surface area (Å²) in [6, 6.07) is 10.4. The van der Waals surface area contributed by atoms with Gasteiger partial charge >= 0.3 is 0 Å². The van der Waals surface area contributed by atoms with Gasteiger partial charge in [-0.3, -0.25) is 0 Å². The molecule has 3 heteroatoms. The van der Waals surface area contributed by atoms with E-state index in [1.165, 1.54) is 108 Å². The maximum Gasteiger partial charge on any atom is 0.115 e. The molecule has 0 amide bonds. The first-order chi connectivity index (χ1) is 16.8. The zero-order valence-electron chi connectivity index (χ0n) is 22.4. The Morgan fingerprint density at radius 2 is 1.21 bits per heavy atom. The molecule has 1 saturated heterocycles. The summed E-state index contributed by atoms with van der Waals surface area (Å²) in [4.78, 5) is 0. The molecule has 0 spiro atoms. The third-order valence-corrected chi connectivity index (χ3v) is 7.17. The van der Waals surface area contributed by atoms with Crippen molar-refractivity contribution in [2.75, 3.05) is 26.4 Å². The standard InChI is InChI=1S/C31H54O3/c1-2-3-4-5-6-7-8-9-10-11-12-13-14-15-16-20-25-32-28-31(24-21-26-34-31)29-33-27-30-22-18-17-19-23-30/h17-19,22-23H,2-16,20-21,24-29H2,1H3/t31-/m1/s1. The van der Waals surface area contributed by atoms with Crippen molar-refractivity contribution in [1.29, 1.82) is 0 Å². The lowest BCUT2D eigenvalue weighted by Crippen LogP contribution is -2.39. The van der Waals surface area contributed by atoms with Crippen molar-refractivity contribution in [2.24, 2.45) is 0 Å².